The van der Waals surface area contributed by atoms with Crippen molar-refractivity contribution in [3.05, 3.63) is 0 Å². The second-order valence-corrected chi connectivity index (χ2v) is 4.88. The first-order valence-electron chi connectivity index (χ1n) is 6.56. The first-order valence-corrected chi connectivity index (χ1v) is 6.56. The van der Waals surface area contributed by atoms with E-state index >= 15 is 0 Å². The summed E-state index contributed by atoms with van der Waals surface area (Å²) in [6.45, 7) is 1.26. The Labute approximate surface area is 122 Å². The highest BCUT2D eigenvalue weighted by Gasteiger charge is 2.27. The van der Waals surface area contributed by atoms with Crippen LogP contribution < -0.4 is 5.32 Å². The van der Waals surface area contributed by atoms with E-state index in [2.05, 4.69) is 5.32 Å². The van der Waals surface area contributed by atoms with Crippen molar-refractivity contribution < 1.29 is 40.2 Å². The van der Waals surface area contributed by atoms with Crippen molar-refractivity contribution >= 4 is 5.91 Å². The Morgan fingerprint density at radius 3 is 2.05 bits per heavy atom. The second kappa shape index (κ2) is 10.0. The number of aliphatic hydroxyl groups is 6. The van der Waals surface area contributed by atoms with Gasteiger partial charge in [-0.25, -0.2) is 0 Å². The lowest BCUT2D eigenvalue weighted by Crippen LogP contribution is -2.50. The van der Waals surface area contributed by atoms with Crippen molar-refractivity contribution in [1.82, 2.24) is 5.32 Å². The minimum Gasteiger partial charge on any atom is -0.394 e. The molecule has 9 nitrogen and oxygen atoms in total. The molecule has 6 unspecified atom stereocenters. The quantitative estimate of drug-likeness (QED) is 0.217. The van der Waals surface area contributed by atoms with E-state index in [1.807, 2.05) is 0 Å². The number of rotatable bonds is 10. The van der Waals surface area contributed by atoms with E-state index in [0.29, 0.717) is 0 Å². The molecule has 0 aromatic carbocycles. The first-order chi connectivity index (χ1) is 9.70. The Morgan fingerprint density at radius 2 is 1.62 bits per heavy atom. The number of hydrogen-bond donors (Lipinski definition) is 7. The van der Waals surface area contributed by atoms with Crippen LogP contribution >= 0.6 is 0 Å². The lowest BCUT2D eigenvalue weighted by Gasteiger charge is -2.27. The van der Waals surface area contributed by atoms with E-state index in [9.17, 15) is 25.2 Å². The highest BCUT2D eigenvalue weighted by molar-refractivity contribution is 5.73. The van der Waals surface area contributed by atoms with E-state index in [4.69, 9.17) is 14.9 Å². The zero-order valence-electron chi connectivity index (χ0n) is 12.1. The summed E-state index contributed by atoms with van der Waals surface area (Å²) in [6.07, 6.45) is -6.90. The Kier molecular flexibility index (Phi) is 9.62. The van der Waals surface area contributed by atoms with Gasteiger partial charge in [-0.05, 0) is 6.92 Å². The van der Waals surface area contributed by atoms with Crippen molar-refractivity contribution in [3.63, 3.8) is 0 Å². The van der Waals surface area contributed by atoms with Gasteiger partial charge in [0.2, 0.25) is 5.91 Å². The topological polar surface area (TPSA) is 160 Å². The van der Waals surface area contributed by atoms with Crippen molar-refractivity contribution in [1.29, 1.82) is 0 Å². The predicted molar refractivity (Wildman–Crippen MR) is 71.2 cm³/mol. The molecule has 126 valence electrons. The summed E-state index contributed by atoms with van der Waals surface area (Å²) < 4.78 is 5.06. The van der Waals surface area contributed by atoms with Crippen LogP contribution in [0.5, 0.6) is 0 Å². The summed E-state index contributed by atoms with van der Waals surface area (Å²) in [6, 6.07) is -0.894. The average molecular weight is 311 g/mol. The molecular formula is C12H25NO8. The van der Waals surface area contributed by atoms with E-state index in [-0.39, 0.29) is 13.2 Å². The van der Waals surface area contributed by atoms with Crippen molar-refractivity contribution in [2.75, 3.05) is 19.8 Å². The number of amides is 1. The number of nitrogens with one attached hydrogen (secondary N) is 1. The predicted octanol–water partition coefficient (Wildman–Crippen LogP) is -3.68. The summed E-state index contributed by atoms with van der Waals surface area (Å²) in [5, 5.41) is 58.1. The Hall–Kier alpha value is -0.810. The minimum absolute atomic E-state index is 0.218. The molecule has 0 aliphatic rings. The van der Waals surface area contributed by atoms with Gasteiger partial charge in [0, 0.05) is 6.92 Å². The standard InChI is InChI=1S/C12H25NO8/c1-6(15)11(19)8(13-7(2)16)4-21-5-10(18)12(20)9(17)3-14/h6,8-12,14-15,17-20H,3-5H2,1-2H3,(H,13,16). The lowest BCUT2D eigenvalue weighted by atomic mass is 10.1. The van der Waals surface area contributed by atoms with Crippen LogP contribution in [0.1, 0.15) is 13.8 Å². The number of aliphatic hydroxyl groups excluding tert-OH is 6. The van der Waals surface area contributed by atoms with Crippen LogP contribution in [0.15, 0.2) is 0 Å². The Bertz CT molecular complexity index is 301. The molecule has 0 bridgehead atoms. The molecule has 0 saturated carbocycles. The normalized spacial score (nSPS) is 20.2. The Balaban J connectivity index is 4.33. The summed E-state index contributed by atoms with van der Waals surface area (Å²) in [5.74, 6) is -0.431. The molecule has 1 amide bonds. The molecule has 21 heavy (non-hydrogen) atoms. The zero-order chi connectivity index (χ0) is 16.6. The van der Waals surface area contributed by atoms with Gasteiger partial charge in [0.25, 0.3) is 0 Å². The molecule has 0 aliphatic carbocycles. The largest absolute Gasteiger partial charge is 0.394 e. The molecule has 0 aromatic heterocycles. The third-order valence-electron chi connectivity index (χ3n) is 2.86. The van der Waals surface area contributed by atoms with Gasteiger partial charge in [0.15, 0.2) is 0 Å². The third kappa shape index (κ3) is 7.67. The third-order valence-corrected chi connectivity index (χ3v) is 2.86. The van der Waals surface area contributed by atoms with Crippen LogP contribution in [0.25, 0.3) is 0 Å². The number of ether oxygens (including phenoxy) is 1. The van der Waals surface area contributed by atoms with Crippen molar-refractivity contribution in [2.45, 2.75) is 50.4 Å². The van der Waals surface area contributed by atoms with Crippen molar-refractivity contribution in [2.24, 2.45) is 0 Å². The summed E-state index contributed by atoms with van der Waals surface area (Å²) in [5.41, 5.74) is 0. The van der Waals surface area contributed by atoms with Gasteiger partial charge in [0.05, 0.1) is 32.0 Å². The van der Waals surface area contributed by atoms with Crippen LogP contribution in [0.2, 0.25) is 0 Å². The fraction of sp³-hybridized carbons (Fsp3) is 0.917. The number of carbonyl (C=O) groups is 1. The minimum atomic E-state index is -1.59. The fourth-order valence-electron chi connectivity index (χ4n) is 1.60. The fourth-order valence-corrected chi connectivity index (χ4v) is 1.60. The molecule has 0 aliphatic heterocycles. The van der Waals surface area contributed by atoms with Gasteiger partial charge in [-0.15, -0.1) is 0 Å². The molecule has 0 spiro atoms. The van der Waals surface area contributed by atoms with Gasteiger partial charge < -0.3 is 40.7 Å². The molecular weight excluding hydrogens is 286 g/mol. The van der Waals surface area contributed by atoms with Crippen LogP contribution in [0, 0.1) is 0 Å². The smallest absolute Gasteiger partial charge is 0.217 e. The molecule has 6 atom stereocenters. The maximum atomic E-state index is 11.0. The molecule has 0 fully saturated rings. The van der Waals surface area contributed by atoms with Crippen LogP contribution in [0.3, 0.4) is 0 Å². The average Bonchev–Trinajstić information content (AvgIpc) is 2.42. The highest BCUT2D eigenvalue weighted by Crippen LogP contribution is 2.04. The van der Waals surface area contributed by atoms with Crippen LogP contribution in [-0.4, -0.2) is 92.9 Å². The first kappa shape index (κ1) is 20.2. The van der Waals surface area contributed by atoms with Gasteiger partial charge in [-0.2, -0.15) is 0 Å². The maximum absolute atomic E-state index is 11.0. The van der Waals surface area contributed by atoms with Gasteiger partial charge in [-0.3, -0.25) is 4.79 Å². The van der Waals surface area contributed by atoms with E-state index in [1.165, 1.54) is 13.8 Å². The number of hydrogen-bond acceptors (Lipinski definition) is 8. The summed E-state index contributed by atoms with van der Waals surface area (Å²) >= 11 is 0. The molecule has 0 aromatic rings. The summed E-state index contributed by atoms with van der Waals surface area (Å²) in [4.78, 5) is 11.0. The molecule has 0 heterocycles. The van der Waals surface area contributed by atoms with Crippen molar-refractivity contribution in [3.8, 4) is 0 Å². The SMILES string of the molecule is CC(=O)NC(COCC(O)C(O)C(O)CO)C(O)C(C)O. The Morgan fingerprint density at radius 1 is 1.05 bits per heavy atom. The summed E-state index contributed by atoms with van der Waals surface area (Å²) in [7, 11) is 0. The van der Waals surface area contributed by atoms with E-state index < -0.39 is 49.1 Å². The molecule has 0 rings (SSSR count). The molecule has 0 radical (unpaired) electrons. The highest BCUT2D eigenvalue weighted by atomic mass is 16.5. The lowest BCUT2D eigenvalue weighted by molar-refractivity contribution is -0.124. The van der Waals surface area contributed by atoms with Gasteiger partial charge in [0.1, 0.15) is 24.4 Å². The second-order valence-electron chi connectivity index (χ2n) is 4.88. The van der Waals surface area contributed by atoms with Crippen LogP contribution in [-0.2, 0) is 9.53 Å². The molecule has 9 heteroatoms. The monoisotopic (exact) mass is 311 g/mol. The number of carbonyl (C=O) groups excluding carboxylic acids is 1. The van der Waals surface area contributed by atoms with Gasteiger partial charge >= 0.3 is 0 Å². The maximum Gasteiger partial charge on any atom is 0.217 e. The van der Waals surface area contributed by atoms with E-state index in [1.54, 1.807) is 0 Å². The van der Waals surface area contributed by atoms with E-state index in [0.717, 1.165) is 0 Å². The molecule has 7 N–H and O–H groups in total. The van der Waals surface area contributed by atoms with Gasteiger partial charge in [-0.1, -0.05) is 0 Å². The molecule has 0 saturated heterocycles. The zero-order valence-corrected chi connectivity index (χ0v) is 12.1. The van der Waals surface area contributed by atoms with Crippen LogP contribution in [0.4, 0.5) is 0 Å².